The maximum absolute atomic E-state index is 12.0. The lowest BCUT2D eigenvalue weighted by Gasteiger charge is -2.35. The molecule has 0 radical (unpaired) electrons. The molecule has 0 spiro atoms. The minimum absolute atomic E-state index is 0.327. The lowest BCUT2D eigenvalue weighted by molar-refractivity contribution is -0.0237. The van der Waals surface area contributed by atoms with Gasteiger partial charge in [0.05, 0.1) is 18.9 Å². The summed E-state index contributed by atoms with van der Waals surface area (Å²) in [5.41, 5.74) is 1.34. The Kier molecular flexibility index (Phi) is 6.11. The van der Waals surface area contributed by atoms with Gasteiger partial charge in [0.25, 0.3) is 0 Å². The number of fused-ring (bicyclic) bond motifs is 1. The van der Waals surface area contributed by atoms with E-state index in [-0.39, 0.29) is 6.10 Å². The number of rotatable bonds is 6. The van der Waals surface area contributed by atoms with Crippen LogP contribution in [0, 0.1) is 11.8 Å². The molecule has 7 nitrogen and oxygen atoms in total. The highest BCUT2D eigenvalue weighted by molar-refractivity contribution is 5.92. The van der Waals surface area contributed by atoms with E-state index in [2.05, 4.69) is 23.9 Å². The second kappa shape index (κ2) is 8.78. The number of likely N-dealkylation sites (tertiary alicyclic amines) is 1. The topological polar surface area (TPSA) is 85.0 Å². The number of carbonyl (C=O) groups is 1. The van der Waals surface area contributed by atoms with Gasteiger partial charge < -0.3 is 19.1 Å². The number of para-hydroxylation sites is 1. The number of hydrogen-bond donors (Lipinski definition) is 1. The molecule has 0 amide bonds. The maximum Gasteiger partial charge on any atom is 0.341 e. The molecule has 1 aliphatic heterocycles. The highest BCUT2D eigenvalue weighted by Crippen LogP contribution is 2.39. The molecule has 1 aromatic heterocycles. The summed E-state index contributed by atoms with van der Waals surface area (Å²) in [4.78, 5) is 14.4. The van der Waals surface area contributed by atoms with Crippen molar-refractivity contribution in [2.75, 3.05) is 20.2 Å². The average molecular weight is 415 g/mol. The van der Waals surface area contributed by atoms with E-state index >= 15 is 0 Å². The lowest BCUT2D eigenvalue weighted by atomic mass is 9.78. The zero-order chi connectivity index (χ0) is 21.3. The van der Waals surface area contributed by atoms with Gasteiger partial charge in [0.1, 0.15) is 23.2 Å². The van der Waals surface area contributed by atoms with Gasteiger partial charge in [-0.2, -0.15) is 0 Å². The summed E-state index contributed by atoms with van der Waals surface area (Å²) < 4.78 is 16.4. The molecule has 2 heterocycles. The van der Waals surface area contributed by atoms with E-state index in [0.29, 0.717) is 35.5 Å². The molecule has 4 atom stereocenters. The van der Waals surface area contributed by atoms with Crippen molar-refractivity contribution in [2.45, 2.75) is 51.4 Å². The molecule has 2 aliphatic rings. The van der Waals surface area contributed by atoms with Crippen LogP contribution in [0.25, 0.3) is 0 Å². The summed E-state index contributed by atoms with van der Waals surface area (Å²) in [6.07, 6.45) is 0.559. The Labute approximate surface area is 176 Å². The summed E-state index contributed by atoms with van der Waals surface area (Å²) >= 11 is 0. The number of methoxy groups -OCH3 is 1. The third kappa shape index (κ3) is 4.37. The monoisotopic (exact) mass is 414 g/mol. The first kappa shape index (κ1) is 20.9. The minimum Gasteiger partial charge on any atom is -0.487 e. The quantitative estimate of drug-likeness (QED) is 0.727. The second-order valence-corrected chi connectivity index (χ2v) is 8.77. The largest absolute Gasteiger partial charge is 0.487 e. The summed E-state index contributed by atoms with van der Waals surface area (Å²) in [5, 5.41) is 14.9. The van der Waals surface area contributed by atoms with Crippen LogP contribution in [0.4, 0.5) is 0 Å². The van der Waals surface area contributed by atoms with Crippen LogP contribution in [-0.2, 0) is 11.3 Å². The van der Waals surface area contributed by atoms with Crippen LogP contribution in [0.5, 0.6) is 5.75 Å². The molecule has 1 saturated carbocycles. The van der Waals surface area contributed by atoms with Gasteiger partial charge in [-0.15, -0.1) is 0 Å². The molecule has 1 aliphatic carbocycles. The van der Waals surface area contributed by atoms with E-state index in [9.17, 15) is 9.90 Å². The molecular formula is C23H30N2O5. The smallest absolute Gasteiger partial charge is 0.341 e. The SMILES string of the molecule is COC(=O)c1ccccc1O[C@@H]1C[C@@H]2CN(Cc3cc(C(C)C)on3)C[C@@H]2C[C@H]1O. The van der Waals surface area contributed by atoms with Crippen LogP contribution < -0.4 is 4.74 Å². The van der Waals surface area contributed by atoms with Crippen LogP contribution >= 0.6 is 0 Å². The molecule has 1 N–H and O–H groups in total. The van der Waals surface area contributed by atoms with Crippen molar-refractivity contribution < 1.29 is 23.9 Å². The zero-order valence-corrected chi connectivity index (χ0v) is 17.8. The van der Waals surface area contributed by atoms with Crippen LogP contribution in [0.3, 0.4) is 0 Å². The number of hydrogen-bond acceptors (Lipinski definition) is 7. The molecule has 0 bridgehead atoms. The van der Waals surface area contributed by atoms with Crippen molar-refractivity contribution >= 4 is 5.97 Å². The van der Waals surface area contributed by atoms with E-state index in [1.165, 1.54) is 7.11 Å². The fourth-order valence-corrected chi connectivity index (χ4v) is 4.66. The molecule has 30 heavy (non-hydrogen) atoms. The number of nitrogens with zero attached hydrogens (tertiary/aromatic N) is 2. The highest BCUT2D eigenvalue weighted by atomic mass is 16.5. The fraction of sp³-hybridized carbons (Fsp3) is 0.565. The fourth-order valence-electron chi connectivity index (χ4n) is 4.66. The Morgan fingerprint density at radius 3 is 2.70 bits per heavy atom. The van der Waals surface area contributed by atoms with Crippen molar-refractivity contribution in [3.63, 3.8) is 0 Å². The average Bonchev–Trinajstić information content (AvgIpc) is 3.35. The van der Waals surface area contributed by atoms with E-state index in [1.54, 1.807) is 18.2 Å². The van der Waals surface area contributed by atoms with Gasteiger partial charge >= 0.3 is 5.97 Å². The van der Waals surface area contributed by atoms with Gasteiger partial charge in [-0.25, -0.2) is 4.79 Å². The normalized spacial score (nSPS) is 26.6. The standard InChI is InChI=1S/C23H30N2O5/c1-14(2)21-10-17(24-30-21)13-25-11-15-8-19(26)22(9-16(15)12-25)29-20-7-5-4-6-18(20)23(27)28-3/h4-7,10,14-16,19,22,26H,8-9,11-13H2,1-3H3/t15-,16+,19+,22+/m0/s1. The number of carbonyl (C=O) groups excluding carboxylic acids is 1. The van der Waals surface area contributed by atoms with Gasteiger partial charge in [-0.1, -0.05) is 31.1 Å². The molecule has 4 rings (SSSR count). The Hall–Kier alpha value is -2.38. The molecule has 1 saturated heterocycles. The third-order valence-electron chi connectivity index (χ3n) is 6.26. The van der Waals surface area contributed by atoms with E-state index in [1.807, 2.05) is 12.1 Å². The molecule has 7 heteroatoms. The number of benzene rings is 1. The lowest BCUT2D eigenvalue weighted by Crippen LogP contribution is -2.42. The third-order valence-corrected chi connectivity index (χ3v) is 6.26. The van der Waals surface area contributed by atoms with Crippen molar-refractivity contribution in [3.8, 4) is 5.75 Å². The highest BCUT2D eigenvalue weighted by Gasteiger charge is 2.43. The molecule has 1 aromatic carbocycles. The Morgan fingerprint density at radius 2 is 2.00 bits per heavy atom. The van der Waals surface area contributed by atoms with E-state index in [0.717, 1.165) is 37.5 Å². The Morgan fingerprint density at radius 1 is 1.27 bits per heavy atom. The molecule has 162 valence electrons. The summed E-state index contributed by atoms with van der Waals surface area (Å²) in [5.74, 6) is 2.15. The first-order valence-corrected chi connectivity index (χ1v) is 10.6. The molecule has 2 aromatic rings. The Bertz CT molecular complexity index is 880. The first-order valence-electron chi connectivity index (χ1n) is 10.6. The van der Waals surface area contributed by atoms with E-state index in [4.69, 9.17) is 14.0 Å². The summed E-state index contributed by atoms with van der Waals surface area (Å²) in [6.45, 7) is 6.83. The van der Waals surface area contributed by atoms with Crippen molar-refractivity contribution in [2.24, 2.45) is 11.8 Å². The summed E-state index contributed by atoms with van der Waals surface area (Å²) in [6, 6.07) is 9.07. The van der Waals surface area contributed by atoms with Gasteiger partial charge in [0.2, 0.25) is 0 Å². The van der Waals surface area contributed by atoms with Crippen LogP contribution in [-0.4, -0.2) is 53.5 Å². The van der Waals surface area contributed by atoms with Crippen molar-refractivity contribution in [1.82, 2.24) is 10.1 Å². The molecular weight excluding hydrogens is 384 g/mol. The van der Waals surface area contributed by atoms with Gasteiger partial charge in [0.15, 0.2) is 0 Å². The van der Waals surface area contributed by atoms with Crippen LogP contribution in [0.15, 0.2) is 34.9 Å². The van der Waals surface area contributed by atoms with Gasteiger partial charge in [-0.05, 0) is 36.8 Å². The predicted molar refractivity (Wildman–Crippen MR) is 110 cm³/mol. The minimum atomic E-state index is -0.559. The van der Waals surface area contributed by atoms with Gasteiger partial charge in [-0.3, -0.25) is 4.90 Å². The van der Waals surface area contributed by atoms with Crippen molar-refractivity contribution in [3.05, 3.63) is 47.3 Å². The number of aliphatic hydroxyl groups is 1. The summed E-state index contributed by atoms with van der Waals surface area (Å²) in [7, 11) is 1.35. The van der Waals surface area contributed by atoms with Crippen molar-refractivity contribution in [1.29, 1.82) is 0 Å². The zero-order valence-electron chi connectivity index (χ0n) is 17.8. The number of aromatic nitrogens is 1. The molecule has 0 unspecified atom stereocenters. The maximum atomic E-state index is 12.0. The first-order chi connectivity index (χ1) is 14.4. The van der Waals surface area contributed by atoms with Gasteiger partial charge in [0, 0.05) is 31.6 Å². The predicted octanol–water partition coefficient (Wildman–Crippen LogP) is 3.23. The number of ether oxygens (including phenoxy) is 2. The van der Waals surface area contributed by atoms with Crippen LogP contribution in [0.1, 0.15) is 54.4 Å². The number of esters is 1. The second-order valence-electron chi connectivity index (χ2n) is 8.77. The number of aliphatic hydroxyl groups excluding tert-OH is 1. The van der Waals surface area contributed by atoms with E-state index < -0.39 is 12.1 Å². The van der Waals surface area contributed by atoms with Crippen LogP contribution in [0.2, 0.25) is 0 Å². The molecule has 2 fully saturated rings. The Balaban J connectivity index is 1.39.